The van der Waals surface area contributed by atoms with Gasteiger partial charge in [0.1, 0.15) is 0 Å². The molecule has 0 unspecified atom stereocenters. The van der Waals surface area contributed by atoms with Gasteiger partial charge in [-0.1, -0.05) is 64.0 Å². The van der Waals surface area contributed by atoms with Crippen LogP contribution in [0, 0.1) is 6.92 Å². The summed E-state index contributed by atoms with van der Waals surface area (Å²) in [7, 11) is 0. The summed E-state index contributed by atoms with van der Waals surface area (Å²) in [6, 6.07) is 21.9. The Hall–Kier alpha value is -2.83. The molecule has 0 aliphatic carbocycles. The first-order chi connectivity index (χ1) is 15.5. The zero-order valence-electron chi connectivity index (χ0n) is 18.5. The highest BCUT2D eigenvalue weighted by Crippen LogP contribution is 2.34. The maximum Gasteiger partial charge on any atom is 0.262 e. The molecule has 0 aliphatic rings. The summed E-state index contributed by atoms with van der Waals surface area (Å²) in [5, 5.41) is 6.31. The van der Waals surface area contributed by atoms with E-state index >= 15 is 0 Å². The molecule has 3 rings (SSSR count). The standard InChI is InChI=1S/C26H29BrN2O3/c1-3-31-24-15-21(17-28-14-13-20-7-5-4-6-8-20)23(27)16-25(24)32-18-26(30)29-22-11-9-19(2)10-12-22/h4-12,15-16,28H,3,13-14,17-18H2,1-2H3,(H,29,30). The molecule has 32 heavy (non-hydrogen) atoms. The van der Waals surface area contributed by atoms with E-state index in [4.69, 9.17) is 9.47 Å². The van der Waals surface area contributed by atoms with Gasteiger partial charge in [0.05, 0.1) is 6.61 Å². The van der Waals surface area contributed by atoms with Crippen LogP contribution in [-0.2, 0) is 17.8 Å². The van der Waals surface area contributed by atoms with Gasteiger partial charge in [0.2, 0.25) is 0 Å². The number of benzene rings is 3. The second kappa shape index (κ2) is 12.3. The van der Waals surface area contributed by atoms with Crippen molar-refractivity contribution in [3.8, 4) is 11.5 Å². The Morgan fingerprint density at radius 3 is 2.41 bits per heavy atom. The molecule has 2 N–H and O–H groups in total. The molecule has 0 saturated carbocycles. The van der Waals surface area contributed by atoms with E-state index in [0.29, 0.717) is 24.7 Å². The number of rotatable bonds is 11. The van der Waals surface area contributed by atoms with Gasteiger partial charge >= 0.3 is 0 Å². The highest BCUT2D eigenvalue weighted by Gasteiger charge is 2.13. The normalized spacial score (nSPS) is 10.6. The van der Waals surface area contributed by atoms with Crippen LogP contribution < -0.4 is 20.1 Å². The second-order valence-electron chi connectivity index (χ2n) is 7.44. The predicted octanol–water partition coefficient (Wildman–Crippen LogP) is 5.51. The van der Waals surface area contributed by atoms with Crippen LogP contribution in [0.5, 0.6) is 11.5 Å². The van der Waals surface area contributed by atoms with Gasteiger partial charge in [0.25, 0.3) is 5.91 Å². The zero-order valence-corrected chi connectivity index (χ0v) is 20.1. The fraction of sp³-hybridized carbons (Fsp3) is 0.269. The van der Waals surface area contributed by atoms with Crippen LogP contribution in [0.4, 0.5) is 5.69 Å². The Bertz CT molecular complexity index is 1010. The lowest BCUT2D eigenvalue weighted by molar-refractivity contribution is -0.118. The first-order valence-electron chi connectivity index (χ1n) is 10.7. The van der Waals surface area contributed by atoms with Gasteiger partial charge in [-0.3, -0.25) is 4.79 Å². The molecule has 0 radical (unpaired) electrons. The summed E-state index contributed by atoms with van der Waals surface area (Å²) < 4.78 is 12.5. The van der Waals surface area contributed by atoms with Gasteiger partial charge in [0, 0.05) is 16.7 Å². The number of ether oxygens (including phenoxy) is 2. The van der Waals surface area contributed by atoms with Gasteiger partial charge < -0.3 is 20.1 Å². The van der Waals surface area contributed by atoms with Crippen molar-refractivity contribution < 1.29 is 14.3 Å². The quantitative estimate of drug-likeness (QED) is 0.343. The molecule has 5 nitrogen and oxygen atoms in total. The first kappa shape index (κ1) is 23.8. The van der Waals surface area contributed by atoms with Crippen molar-refractivity contribution in [2.24, 2.45) is 0 Å². The van der Waals surface area contributed by atoms with Crippen LogP contribution in [-0.4, -0.2) is 25.7 Å². The molecular weight excluding hydrogens is 468 g/mol. The van der Waals surface area contributed by atoms with Crippen molar-refractivity contribution in [2.75, 3.05) is 25.1 Å². The molecule has 0 spiro atoms. The van der Waals surface area contributed by atoms with Crippen molar-refractivity contribution in [1.29, 1.82) is 0 Å². The third-order valence-corrected chi connectivity index (χ3v) is 5.59. The smallest absolute Gasteiger partial charge is 0.262 e. The average molecular weight is 497 g/mol. The number of anilines is 1. The van der Waals surface area contributed by atoms with Crippen molar-refractivity contribution in [3.05, 3.63) is 87.9 Å². The number of carbonyl (C=O) groups is 1. The number of hydrogen-bond acceptors (Lipinski definition) is 4. The number of aryl methyl sites for hydroxylation is 1. The number of carbonyl (C=O) groups excluding carboxylic acids is 1. The van der Waals surface area contributed by atoms with E-state index in [-0.39, 0.29) is 12.5 Å². The van der Waals surface area contributed by atoms with Crippen LogP contribution in [0.1, 0.15) is 23.6 Å². The summed E-state index contributed by atoms with van der Waals surface area (Å²) in [5.74, 6) is 0.934. The Balaban J connectivity index is 1.56. The Labute approximate surface area is 198 Å². The van der Waals surface area contributed by atoms with Gasteiger partial charge in [0.15, 0.2) is 18.1 Å². The van der Waals surface area contributed by atoms with Crippen molar-refractivity contribution in [2.45, 2.75) is 26.8 Å². The second-order valence-corrected chi connectivity index (χ2v) is 8.29. The van der Waals surface area contributed by atoms with Crippen LogP contribution in [0.3, 0.4) is 0 Å². The monoisotopic (exact) mass is 496 g/mol. The third kappa shape index (κ3) is 7.39. The van der Waals surface area contributed by atoms with E-state index in [1.54, 1.807) is 0 Å². The summed E-state index contributed by atoms with van der Waals surface area (Å²) in [6.07, 6.45) is 0.966. The van der Waals surface area contributed by atoms with Crippen LogP contribution in [0.25, 0.3) is 0 Å². The van der Waals surface area contributed by atoms with Crippen LogP contribution in [0.15, 0.2) is 71.2 Å². The molecule has 6 heteroatoms. The number of nitrogens with one attached hydrogen (secondary N) is 2. The van der Waals surface area contributed by atoms with Crippen molar-refractivity contribution >= 4 is 27.5 Å². The number of amides is 1. The molecular formula is C26H29BrN2O3. The molecule has 0 atom stereocenters. The minimum atomic E-state index is -0.223. The molecule has 0 aliphatic heterocycles. The van der Waals surface area contributed by atoms with E-state index in [1.807, 2.05) is 56.3 Å². The summed E-state index contributed by atoms with van der Waals surface area (Å²) >= 11 is 3.62. The number of hydrogen-bond donors (Lipinski definition) is 2. The molecule has 0 heterocycles. The molecule has 0 aromatic heterocycles. The van der Waals surface area contributed by atoms with Gasteiger partial charge in [-0.25, -0.2) is 0 Å². The lowest BCUT2D eigenvalue weighted by Crippen LogP contribution is -2.20. The highest BCUT2D eigenvalue weighted by molar-refractivity contribution is 9.10. The van der Waals surface area contributed by atoms with E-state index in [0.717, 1.165) is 34.3 Å². The Kier molecular flexibility index (Phi) is 9.13. The summed E-state index contributed by atoms with van der Waals surface area (Å²) in [5.41, 5.74) is 4.26. The van der Waals surface area contributed by atoms with Crippen LogP contribution >= 0.6 is 15.9 Å². The Morgan fingerprint density at radius 1 is 0.969 bits per heavy atom. The lowest BCUT2D eigenvalue weighted by atomic mass is 10.1. The summed E-state index contributed by atoms with van der Waals surface area (Å²) in [4.78, 5) is 12.3. The van der Waals surface area contributed by atoms with Crippen molar-refractivity contribution in [1.82, 2.24) is 5.32 Å². The maximum atomic E-state index is 12.3. The van der Waals surface area contributed by atoms with Crippen molar-refractivity contribution in [3.63, 3.8) is 0 Å². The van der Waals surface area contributed by atoms with Gasteiger partial charge in [-0.15, -0.1) is 0 Å². The summed E-state index contributed by atoms with van der Waals surface area (Å²) in [6.45, 7) is 5.90. The lowest BCUT2D eigenvalue weighted by Gasteiger charge is -2.15. The molecule has 1 amide bonds. The van der Waals surface area contributed by atoms with E-state index in [9.17, 15) is 4.79 Å². The molecule has 0 fully saturated rings. The number of halogens is 1. The average Bonchev–Trinajstić information content (AvgIpc) is 2.80. The fourth-order valence-electron chi connectivity index (χ4n) is 3.17. The molecule has 0 bridgehead atoms. The van der Waals surface area contributed by atoms with E-state index in [1.165, 1.54) is 5.56 Å². The fourth-order valence-corrected chi connectivity index (χ4v) is 3.63. The van der Waals surface area contributed by atoms with Gasteiger partial charge in [-0.2, -0.15) is 0 Å². The minimum Gasteiger partial charge on any atom is -0.490 e. The Morgan fingerprint density at radius 2 is 1.69 bits per heavy atom. The van der Waals surface area contributed by atoms with Gasteiger partial charge in [-0.05, 0) is 62.2 Å². The maximum absolute atomic E-state index is 12.3. The minimum absolute atomic E-state index is 0.102. The molecule has 3 aromatic carbocycles. The largest absolute Gasteiger partial charge is 0.490 e. The molecule has 0 saturated heterocycles. The zero-order chi connectivity index (χ0) is 22.8. The highest BCUT2D eigenvalue weighted by atomic mass is 79.9. The molecule has 3 aromatic rings. The predicted molar refractivity (Wildman–Crippen MR) is 132 cm³/mol. The van der Waals surface area contributed by atoms with E-state index in [2.05, 4.69) is 50.8 Å². The molecule has 168 valence electrons. The first-order valence-corrected chi connectivity index (χ1v) is 11.5. The third-order valence-electron chi connectivity index (χ3n) is 4.86. The topological polar surface area (TPSA) is 59.6 Å². The van der Waals surface area contributed by atoms with Crippen LogP contribution in [0.2, 0.25) is 0 Å². The SMILES string of the molecule is CCOc1cc(CNCCc2ccccc2)c(Br)cc1OCC(=O)Nc1ccc(C)cc1. The van der Waals surface area contributed by atoms with E-state index < -0.39 is 0 Å².